The Morgan fingerprint density at radius 2 is 1.75 bits per heavy atom. The smallest absolute Gasteiger partial charge is 0.306 e. The summed E-state index contributed by atoms with van der Waals surface area (Å²) >= 11 is 0. The van der Waals surface area contributed by atoms with Gasteiger partial charge in [-0.3, -0.25) is 9.59 Å². The Hall–Kier alpha value is -2.62. The van der Waals surface area contributed by atoms with E-state index in [1.807, 2.05) is 69.3 Å². The zero-order valence-corrected chi connectivity index (χ0v) is 14.3. The maximum absolute atomic E-state index is 11.9. The van der Waals surface area contributed by atoms with Gasteiger partial charge in [-0.2, -0.15) is 0 Å². The maximum Gasteiger partial charge on any atom is 0.306 e. The topological polar surface area (TPSA) is 55.4 Å². The van der Waals surface area contributed by atoms with Crippen LogP contribution in [0.1, 0.15) is 36.0 Å². The summed E-state index contributed by atoms with van der Waals surface area (Å²) in [7, 11) is 0. The van der Waals surface area contributed by atoms with Crippen molar-refractivity contribution >= 4 is 17.6 Å². The highest BCUT2D eigenvalue weighted by Crippen LogP contribution is 2.19. The lowest BCUT2D eigenvalue weighted by molar-refractivity contribution is -0.147. The van der Waals surface area contributed by atoms with E-state index < -0.39 is 0 Å². The SMILES string of the molecule is Cc1ccc(NC(=O)COC(=O)C[C@@H](C)c2ccccc2)cc1C. The van der Waals surface area contributed by atoms with Crippen LogP contribution in [0.2, 0.25) is 0 Å². The second-order valence-corrected chi connectivity index (χ2v) is 6.02. The van der Waals surface area contributed by atoms with Gasteiger partial charge in [-0.15, -0.1) is 0 Å². The molecule has 126 valence electrons. The van der Waals surface area contributed by atoms with Gasteiger partial charge in [-0.25, -0.2) is 0 Å². The molecule has 0 fully saturated rings. The molecule has 0 aliphatic carbocycles. The molecule has 24 heavy (non-hydrogen) atoms. The van der Waals surface area contributed by atoms with E-state index in [-0.39, 0.29) is 30.8 Å². The molecule has 4 nitrogen and oxygen atoms in total. The van der Waals surface area contributed by atoms with E-state index in [1.54, 1.807) is 0 Å². The lowest BCUT2D eigenvalue weighted by Gasteiger charge is -2.12. The van der Waals surface area contributed by atoms with Gasteiger partial charge in [-0.05, 0) is 48.6 Å². The third-order valence-corrected chi connectivity index (χ3v) is 4.00. The van der Waals surface area contributed by atoms with Crippen molar-refractivity contribution in [1.82, 2.24) is 0 Å². The van der Waals surface area contributed by atoms with Gasteiger partial charge in [0.1, 0.15) is 0 Å². The van der Waals surface area contributed by atoms with Crippen molar-refractivity contribution in [1.29, 1.82) is 0 Å². The van der Waals surface area contributed by atoms with Crippen LogP contribution in [-0.2, 0) is 14.3 Å². The van der Waals surface area contributed by atoms with Crippen LogP contribution >= 0.6 is 0 Å². The average molecular weight is 325 g/mol. The van der Waals surface area contributed by atoms with Gasteiger partial charge >= 0.3 is 5.97 Å². The van der Waals surface area contributed by atoms with E-state index in [9.17, 15) is 9.59 Å². The van der Waals surface area contributed by atoms with Crippen LogP contribution in [0, 0.1) is 13.8 Å². The molecule has 0 saturated carbocycles. The fraction of sp³-hybridized carbons (Fsp3) is 0.300. The minimum atomic E-state index is -0.374. The number of hydrogen-bond acceptors (Lipinski definition) is 3. The number of rotatable bonds is 6. The molecule has 0 bridgehead atoms. The van der Waals surface area contributed by atoms with Crippen LogP contribution in [-0.4, -0.2) is 18.5 Å². The molecule has 0 aliphatic heterocycles. The molecule has 0 heterocycles. The van der Waals surface area contributed by atoms with Crippen molar-refractivity contribution in [2.45, 2.75) is 33.1 Å². The molecule has 2 aromatic carbocycles. The zero-order chi connectivity index (χ0) is 17.5. The standard InChI is InChI=1S/C20H23NO3/c1-14-9-10-18(11-15(14)2)21-19(22)13-24-20(23)12-16(3)17-7-5-4-6-8-17/h4-11,16H,12-13H2,1-3H3,(H,21,22)/t16-/m1/s1. The Kier molecular flexibility index (Phi) is 6.13. The van der Waals surface area contributed by atoms with Crippen LogP contribution < -0.4 is 5.32 Å². The number of carbonyl (C=O) groups is 2. The molecule has 0 aromatic heterocycles. The predicted octanol–water partition coefficient (Wildman–Crippen LogP) is 3.98. The summed E-state index contributed by atoms with van der Waals surface area (Å²) in [5, 5.41) is 2.73. The Morgan fingerprint density at radius 3 is 2.42 bits per heavy atom. The molecule has 4 heteroatoms. The maximum atomic E-state index is 11.9. The summed E-state index contributed by atoms with van der Waals surface area (Å²) in [6, 6.07) is 15.4. The van der Waals surface area contributed by atoms with E-state index in [2.05, 4.69) is 5.32 Å². The Bertz CT molecular complexity index is 710. The van der Waals surface area contributed by atoms with E-state index in [0.717, 1.165) is 16.7 Å². The van der Waals surface area contributed by atoms with Crippen LogP contribution in [0.3, 0.4) is 0 Å². The number of ether oxygens (including phenoxy) is 1. The summed E-state index contributed by atoms with van der Waals surface area (Å²) in [4.78, 5) is 23.8. The van der Waals surface area contributed by atoms with Gasteiger partial charge in [0.2, 0.25) is 0 Å². The van der Waals surface area contributed by atoms with E-state index in [0.29, 0.717) is 5.69 Å². The number of aryl methyl sites for hydroxylation is 2. The van der Waals surface area contributed by atoms with Crippen molar-refractivity contribution in [3.05, 3.63) is 65.2 Å². The highest BCUT2D eigenvalue weighted by Gasteiger charge is 2.13. The Balaban J connectivity index is 1.78. The van der Waals surface area contributed by atoms with Gasteiger partial charge in [0.15, 0.2) is 6.61 Å². The molecule has 2 aromatic rings. The van der Waals surface area contributed by atoms with Crippen molar-refractivity contribution in [2.24, 2.45) is 0 Å². The van der Waals surface area contributed by atoms with E-state index in [4.69, 9.17) is 4.74 Å². The van der Waals surface area contributed by atoms with E-state index in [1.165, 1.54) is 0 Å². The van der Waals surface area contributed by atoms with Crippen LogP contribution in [0.15, 0.2) is 48.5 Å². The molecule has 1 atom stereocenters. The number of hydrogen-bond donors (Lipinski definition) is 1. The highest BCUT2D eigenvalue weighted by molar-refractivity contribution is 5.92. The molecule has 0 unspecified atom stereocenters. The molecular weight excluding hydrogens is 302 g/mol. The number of benzene rings is 2. The van der Waals surface area contributed by atoms with Crippen molar-refractivity contribution < 1.29 is 14.3 Å². The number of esters is 1. The molecule has 1 amide bonds. The summed E-state index contributed by atoms with van der Waals surface area (Å²) in [6.45, 7) is 5.69. The molecule has 0 spiro atoms. The van der Waals surface area contributed by atoms with Crippen molar-refractivity contribution in [2.75, 3.05) is 11.9 Å². The van der Waals surface area contributed by atoms with Crippen LogP contribution in [0.25, 0.3) is 0 Å². The Labute approximate surface area is 142 Å². The number of amides is 1. The molecule has 2 rings (SSSR count). The monoisotopic (exact) mass is 325 g/mol. The zero-order valence-electron chi connectivity index (χ0n) is 14.3. The van der Waals surface area contributed by atoms with Crippen LogP contribution in [0.4, 0.5) is 5.69 Å². The van der Waals surface area contributed by atoms with Gasteiger partial charge < -0.3 is 10.1 Å². The summed E-state index contributed by atoms with van der Waals surface area (Å²) in [5.74, 6) is -0.651. The first-order valence-corrected chi connectivity index (χ1v) is 8.03. The molecule has 0 aliphatic rings. The largest absolute Gasteiger partial charge is 0.456 e. The summed E-state index contributed by atoms with van der Waals surface area (Å²) in [6.07, 6.45) is 0.251. The minimum absolute atomic E-state index is 0.0570. The highest BCUT2D eigenvalue weighted by atomic mass is 16.5. The lowest BCUT2D eigenvalue weighted by atomic mass is 9.98. The quantitative estimate of drug-likeness (QED) is 0.817. The fourth-order valence-corrected chi connectivity index (χ4v) is 2.37. The Morgan fingerprint density at radius 1 is 1.04 bits per heavy atom. The third kappa shape index (κ3) is 5.23. The molecule has 0 radical (unpaired) electrons. The number of nitrogens with one attached hydrogen (secondary N) is 1. The molecule has 0 saturated heterocycles. The second kappa shape index (κ2) is 8.29. The summed E-state index contributed by atoms with van der Waals surface area (Å²) in [5.41, 5.74) is 4.04. The van der Waals surface area contributed by atoms with Gasteiger partial charge in [-0.1, -0.05) is 43.3 Å². The van der Waals surface area contributed by atoms with Gasteiger partial charge in [0.25, 0.3) is 5.91 Å². The molecule has 1 N–H and O–H groups in total. The first kappa shape index (κ1) is 17.7. The number of carbonyl (C=O) groups excluding carboxylic acids is 2. The van der Waals surface area contributed by atoms with Crippen molar-refractivity contribution in [3.8, 4) is 0 Å². The van der Waals surface area contributed by atoms with Crippen LogP contribution in [0.5, 0.6) is 0 Å². The average Bonchev–Trinajstić information content (AvgIpc) is 2.57. The van der Waals surface area contributed by atoms with E-state index >= 15 is 0 Å². The minimum Gasteiger partial charge on any atom is -0.456 e. The fourth-order valence-electron chi connectivity index (χ4n) is 2.37. The first-order chi connectivity index (χ1) is 11.5. The lowest BCUT2D eigenvalue weighted by Crippen LogP contribution is -2.21. The first-order valence-electron chi connectivity index (χ1n) is 8.03. The van der Waals surface area contributed by atoms with Gasteiger partial charge in [0.05, 0.1) is 6.42 Å². The predicted molar refractivity (Wildman–Crippen MR) is 95.0 cm³/mol. The third-order valence-electron chi connectivity index (χ3n) is 4.00. The number of anilines is 1. The normalized spacial score (nSPS) is 11.6. The summed E-state index contributed by atoms with van der Waals surface area (Å²) < 4.78 is 5.07. The second-order valence-electron chi connectivity index (χ2n) is 6.02. The molecular formula is C20H23NO3. The van der Waals surface area contributed by atoms with Crippen molar-refractivity contribution in [3.63, 3.8) is 0 Å². The van der Waals surface area contributed by atoms with Gasteiger partial charge in [0, 0.05) is 5.69 Å².